The summed E-state index contributed by atoms with van der Waals surface area (Å²) in [6.07, 6.45) is 9.09. The Labute approximate surface area is 165 Å². The smallest absolute Gasteiger partial charge is 0.254 e. The Hall–Kier alpha value is -2.63. The van der Waals surface area contributed by atoms with Crippen molar-refractivity contribution < 1.29 is 9.59 Å². The highest BCUT2D eigenvalue weighted by Gasteiger charge is 2.31. The lowest BCUT2D eigenvalue weighted by Gasteiger charge is -2.21. The molecule has 1 unspecified atom stereocenters. The van der Waals surface area contributed by atoms with E-state index in [0.29, 0.717) is 18.0 Å². The van der Waals surface area contributed by atoms with E-state index in [0.717, 1.165) is 51.0 Å². The van der Waals surface area contributed by atoms with Crippen molar-refractivity contribution in [2.24, 2.45) is 0 Å². The predicted molar refractivity (Wildman–Crippen MR) is 106 cm³/mol. The van der Waals surface area contributed by atoms with Crippen molar-refractivity contribution >= 4 is 17.5 Å². The molecule has 5 rings (SSSR count). The fourth-order valence-corrected chi connectivity index (χ4v) is 4.87. The van der Waals surface area contributed by atoms with Crippen molar-refractivity contribution in [2.45, 2.75) is 51.0 Å². The zero-order chi connectivity index (χ0) is 19.1. The molecular weight excluding hydrogens is 352 g/mol. The number of aryl methyl sites for hydroxylation is 1. The summed E-state index contributed by atoms with van der Waals surface area (Å²) >= 11 is 0. The van der Waals surface area contributed by atoms with Gasteiger partial charge < -0.3 is 14.4 Å². The summed E-state index contributed by atoms with van der Waals surface area (Å²) in [6, 6.07) is 7.86. The summed E-state index contributed by atoms with van der Waals surface area (Å²) in [5.41, 5.74) is 4.14. The molecule has 3 heterocycles. The van der Waals surface area contributed by atoms with Crippen molar-refractivity contribution in [1.82, 2.24) is 14.5 Å². The van der Waals surface area contributed by atoms with Crippen LogP contribution in [0.2, 0.25) is 0 Å². The summed E-state index contributed by atoms with van der Waals surface area (Å²) in [4.78, 5) is 33.5. The van der Waals surface area contributed by atoms with Gasteiger partial charge in [-0.05, 0) is 56.7 Å². The van der Waals surface area contributed by atoms with Gasteiger partial charge in [-0.25, -0.2) is 4.98 Å². The Balaban J connectivity index is 1.32. The highest BCUT2D eigenvalue weighted by Crippen LogP contribution is 2.29. The molecule has 1 aromatic heterocycles. The maximum absolute atomic E-state index is 13.1. The lowest BCUT2D eigenvalue weighted by atomic mass is 10.0. The number of hydrogen-bond donors (Lipinski definition) is 0. The van der Waals surface area contributed by atoms with Crippen molar-refractivity contribution in [2.75, 3.05) is 24.5 Å². The van der Waals surface area contributed by atoms with Crippen molar-refractivity contribution in [3.8, 4) is 0 Å². The minimum absolute atomic E-state index is 0.0602. The van der Waals surface area contributed by atoms with Gasteiger partial charge in [0.15, 0.2) is 0 Å². The average molecular weight is 378 g/mol. The average Bonchev–Trinajstić information content (AvgIpc) is 3.46. The summed E-state index contributed by atoms with van der Waals surface area (Å²) in [7, 11) is 0. The van der Waals surface area contributed by atoms with Gasteiger partial charge in [0.1, 0.15) is 0 Å². The van der Waals surface area contributed by atoms with Crippen LogP contribution < -0.4 is 4.90 Å². The van der Waals surface area contributed by atoms with Gasteiger partial charge in [0.25, 0.3) is 5.91 Å². The van der Waals surface area contributed by atoms with Crippen molar-refractivity contribution in [1.29, 1.82) is 0 Å². The van der Waals surface area contributed by atoms with Crippen LogP contribution in [0.25, 0.3) is 0 Å². The monoisotopic (exact) mass is 378 g/mol. The van der Waals surface area contributed by atoms with Crippen LogP contribution in [-0.4, -0.2) is 45.9 Å². The number of anilines is 1. The Bertz CT molecular complexity index is 919. The molecule has 146 valence electrons. The van der Waals surface area contributed by atoms with Gasteiger partial charge in [0.05, 0.1) is 18.1 Å². The molecule has 2 aliphatic heterocycles. The van der Waals surface area contributed by atoms with E-state index in [1.807, 2.05) is 35.5 Å². The minimum atomic E-state index is 0.0602. The van der Waals surface area contributed by atoms with E-state index in [2.05, 4.69) is 9.55 Å². The number of nitrogens with zero attached hydrogens (tertiary/aromatic N) is 4. The number of likely N-dealkylation sites (tertiary alicyclic amines) is 1. The highest BCUT2D eigenvalue weighted by atomic mass is 16.2. The van der Waals surface area contributed by atoms with Gasteiger partial charge in [0.2, 0.25) is 5.91 Å². The Morgan fingerprint density at radius 2 is 1.96 bits per heavy atom. The first-order chi connectivity index (χ1) is 13.7. The third-order valence-electron chi connectivity index (χ3n) is 6.38. The zero-order valence-corrected chi connectivity index (χ0v) is 16.1. The summed E-state index contributed by atoms with van der Waals surface area (Å²) in [5, 5.41) is 0. The van der Waals surface area contributed by atoms with Crippen LogP contribution >= 0.6 is 0 Å². The molecule has 6 heteroatoms. The van der Waals surface area contributed by atoms with E-state index in [9.17, 15) is 9.59 Å². The van der Waals surface area contributed by atoms with Gasteiger partial charge >= 0.3 is 0 Å². The van der Waals surface area contributed by atoms with E-state index < -0.39 is 0 Å². The molecule has 2 amide bonds. The lowest BCUT2D eigenvalue weighted by Crippen LogP contribution is -2.30. The van der Waals surface area contributed by atoms with Crippen LogP contribution in [0.5, 0.6) is 0 Å². The standard InChI is InChI=1S/C22H26N4O2/c27-21-9-4-11-25(21)17-6-3-5-16(13-17)22(28)24-12-10-18(14-24)26-15-23-19-7-1-2-8-20(19)26/h3,5-6,13,15,18H,1-2,4,7-12,14H2. The molecule has 28 heavy (non-hydrogen) atoms. The molecule has 0 radical (unpaired) electrons. The number of fused-ring (bicyclic) bond motifs is 1. The topological polar surface area (TPSA) is 58.4 Å². The van der Waals surface area contributed by atoms with Gasteiger partial charge in [0, 0.05) is 43.0 Å². The normalized spacial score (nSPS) is 22.0. The van der Waals surface area contributed by atoms with Crippen LogP contribution in [0.4, 0.5) is 5.69 Å². The number of carbonyl (C=O) groups is 2. The maximum Gasteiger partial charge on any atom is 0.254 e. The van der Waals surface area contributed by atoms with Gasteiger partial charge in [-0.1, -0.05) is 6.07 Å². The molecule has 0 N–H and O–H groups in total. The molecular formula is C22H26N4O2. The third kappa shape index (κ3) is 3.01. The van der Waals surface area contributed by atoms with Crippen LogP contribution in [0.15, 0.2) is 30.6 Å². The number of carbonyl (C=O) groups excluding carboxylic acids is 2. The van der Waals surface area contributed by atoms with Crippen molar-refractivity contribution in [3.63, 3.8) is 0 Å². The summed E-state index contributed by atoms with van der Waals surface area (Å²) < 4.78 is 2.32. The number of imidazole rings is 1. The van der Waals surface area contributed by atoms with E-state index in [1.54, 1.807) is 4.90 Å². The fourth-order valence-electron chi connectivity index (χ4n) is 4.87. The van der Waals surface area contributed by atoms with E-state index in [1.165, 1.54) is 24.2 Å². The fraction of sp³-hybridized carbons (Fsp3) is 0.500. The van der Waals surface area contributed by atoms with Crippen molar-refractivity contribution in [3.05, 3.63) is 47.5 Å². The number of amides is 2. The maximum atomic E-state index is 13.1. The van der Waals surface area contributed by atoms with E-state index in [4.69, 9.17) is 0 Å². The Morgan fingerprint density at radius 3 is 2.82 bits per heavy atom. The molecule has 2 saturated heterocycles. The SMILES string of the molecule is O=C(c1cccc(N2CCCC2=O)c1)N1CCC(n2cnc3c2CCCC3)C1. The second kappa shape index (κ2) is 7.08. The molecule has 1 aliphatic carbocycles. The molecule has 1 atom stereocenters. The molecule has 2 aromatic rings. The first-order valence-electron chi connectivity index (χ1n) is 10.4. The molecule has 0 spiro atoms. The van der Waals surface area contributed by atoms with Crippen LogP contribution in [-0.2, 0) is 17.6 Å². The van der Waals surface area contributed by atoms with Crippen LogP contribution in [0.3, 0.4) is 0 Å². The first kappa shape index (κ1) is 17.5. The lowest BCUT2D eigenvalue weighted by molar-refractivity contribution is -0.117. The molecule has 3 aliphatic rings. The third-order valence-corrected chi connectivity index (χ3v) is 6.38. The van der Waals surface area contributed by atoms with Gasteiger partial charge in [-0.3, -0.25) is 9.59 Å². The zero-order valence-electron chi connectivity index (χ0n) is 16.1. The second-order valence-corrected chi connectivity index (χ2v) is 8.15. The highest BCUT2D eigenvalue weighted by molar-refractivity contribution is 5.99. The number of benzene rings is 1. The Kier molecular flexibility index (Phi) is 4.41. The molecule has 1 aromatic carbocycles. The van der Waals surface area contributed by atoms with E-state index in [-0.39, 0.29) is 11.8 Å². The second-order valence-electron chi connectivity index (χ2n) is 8.15. The molecule has 2 fully saturated rings. The van der Waals surface area contributed by atoms with Crippen LogP contribution in [0.1, 0.15) is 59.9 Å². The molecule has 0 bridgehead atoms. The molecule has 6 nitrogen and oxygen atoms in total. The number of aromatic nitrogens is 2. The Morgan fingerprint density at radius 1 is 1.07 bits per heavy atom. The van der Waals surface area contributed by atoms with Gasteiger partial charge in [-0.2, -0.15) is 0 Å². The van der Waals surface area contributed by atoms with Gasteiger partial charge in [-0.15, -0.1) is 0 Å². The van der Waals surface area contributed by atoms with Crippen LogP contribution in [0, 0.1) is 0 Å². The molecule has 0 saturated carbocycles. The predicted octanol–water partition coefficient (Wildman–Crippen LogP) is 2.98. The quantitative estimate of drug-likeness (QED) is 0.825. The largest absolute Gasteiger partial charge is 0.336 e. The van der Waals surface area contributed by atoms with E-state index >= 15 is 0 Å². The first-order valence-corrected chi connectivity index (χ1v) is 10.4. The number of hydrogen-bond acceptors (Lipinski definition) is 3. The summed E-state index contributed by atoms with van der Waals surface area (Å²) in [5.74, 6) is 0.209. The number of rotatable bonds is 3. The summed E-state index contributed by atoms with van der Waals surface area (Å²) in [6.45, 7) is 2.24. The minimum Gasteiger partial charge on any atom is -0.336 e.